The van der Waals surface area contributed by atoms with Crippen molar-refractivity contribution in [1.29, 1.82) is 0 Å². The van der Waals surface area contributed by atoms with Crippen molar-refractivity contribution in [3.05, 3.63) is 0 Å². The second kappa shape index (κ2) is 5.58. The lowest BCUT2D eigenvalue weighted by Gasteiger charge is -2.21. The molecule has 0 saturated heterocycles. The number of carbonyl (C=O) groups is 2. The predicted octanol–water partition coefficient (Wildman–Crippen LogP) is 0.446. The lowest BCUT2D eigenvalue weighted by Crippen LogP contribution is -2.45. The van der Waals surface area contributed by atoms with Gasteiger partial charge in [0.05, 0.1) is 0 Å². The van der Waals surface area contributed by atoms with Crippen molar-refractivity contribution in [2.45, 2.75) is 38.6 Å². The first-order chi connectivity index (χ1) is 7.13. The third kappa shape index (κ3) is 4.67. The molecule has 5 nitrogen and oxygen atoms in total. The van der Waals surface area contributed by atoms with Crippen LogP contribution in [0, 0.1) is 0 Å². The SMILES string of the molecule is CCCCN(CC(N)=O)C(=O)NC1CC1. The van der Waals surface area contributed by atoms with Gasteiger partial charge in [0.1, 0.15) is 6.54 Å². The Kier molecular flexibility index (Phi) is 4.39. The predicted molar refractivity (Wildman–Crippen MR) is 57.2 cm³/mol. The highest BCUT2D eigenvalue weighted by Gasteiger charge is 2.26. The molecule has 0 bridgehead atoms. The van der Waals surface area contributed by atoms with E-state index in [9.17, 15) is 9.59 Å². The van der Waals surface area contributed by atoms with Gasteiger partial charge in [0.25, 0.3) is 0 Å². The minimum atomic E-state index is -0.461. The molecule has 1 saturated carbocycles. The molecular weight excluding hydrogens is 194 g/mol. The molecule has 0 unspecified atom stereocenters. The standard InChI is InChI=1S/C10H19N3O2/c1-2-3-6-13(7-9(11)14)10(15)12-8-4-5-8/h8H,2-7H2,1H3,(H2,11,14)(H,12,15). The summed E-state index contributed by atoms with van der Waals surface area (Å²) < 4.78 is 0. The number of unbranched alkanes of at least 4 members (excludes halogenated alkanes) is 1. The maximum atomic E-state index is 11.6. The molecule has 0 heterocycles. The maximum Gasteiger partial charge on any atom is 0.318 e. The van der Waals surface area contributed by atoms with Crippen LogP contribution >= 0.6 is 0 Å². The lowest BCUT2D eigenvalue weighted by molar-refractivity contribution is -0.118. The first-order valence-corrected chi connectivity index (χ1v) is 5.47. The Balaban J connectivity index is 2.37. The molecule has 1 fully saturated rings. The van der Waals surface area contributed by atoms with E-state index >= 15 is 0 Å². The number of nitrogens with two attached hydrogens (primary N) is 1. The first kappa shape index (κ1) is 11.8. The second-order valence-corrected chi connectivity index (χ2v) is 3.97. The zero-order valence-electron chi connectivity index (χ0n) is 9.16. The molecule has 1 aliphatic carbocycles. The van der Waals surface area contributed by atoms with Gasteiger partial charge in [0, 0.05) is 12.6 Å². The van der Waals surface area contributed by atoms with Crippen molar-refractivity contribution in [2.75, 3.05) is 13.1 Å². The van der Waals surface area contributed by atoms with E-state index in [-0.39, 0.29) is 12.6 Å². The van der Waals surface area contributed by atoms with Gasteiger partial charge in [-0.15, -0.1) is 0 Å². The average molecular weight is 213 g/mol. The summed E-state index contributed by atoms with van der Waals surface area (Å²) in [5.41, 5.74) is 5.09. The summed E-state index contributed by atoms with van der Waals surface area (Å²) in [6, 6.07) is 0.152. The van der Waals surface area contributed by atoms with Crippen molar-refractivity contribution < 1.29 is 9.59 Å². The van der Waals surface area contributed by atoms with E-state index in [4.69, 9.17) is 5.73 Å². The quantitative estimate of drug-likeness (QED) is 0.672. The zero-order chi connectivity index (χ0) is 11.3. The summed E-state index contributed by atoms with van der Waals surface area (Å²) in [4.78, 5) is 23.9. The first-order valence-electron chi connectivity index (χ1n) is 5.47. The molecular formula is C10H19N3O2. The van der Waals surface area contributed by atoms with Crippen LogP contribution in [-0.2, 0) is 4.79 Å². The topological polar surface area (TPSA) is 75.4 Å². The van der Waals surface area contributed by atoms with Crippen molar-refractivity contribution in [3.8, 4) is 0 Å². The van der Waals surface area contributed by atoms with Crippen LogP contribution in [-0.4, -0.2) is 36.0 Å². The molecule has 3 amide bonds. The normalized spacial score (nSPS) is 14.7. The number of carbonyl (C=O) groups excluding carboxylic acids is 2. The highest BCUT2D eigenvalue weighted by Crippen LogP contribution is 2.18. The van der Waals surface area contributed by atoms with E-state index in [2.05, 4.69) is 5.32 Å². The van der Waals surface area contributed by atoms with Gasteiger partial charge in [-0.05, 0) is 19.3 Å². The summed E-state index contributed by atoms with van der Waals surface area (Å²) in [6.45, 7) is 2.65. The summed E-state index contributed by atoms with van der Waals surface area (Å²) in [5.74, 6) is -0.461. The van der Waals surface area contributed by atoms with Gasteiger partial charge in [0.2, 0.25) is 5.91 Å². The number of rotatable bonds is 6. The van der Waals surface area contributed by atoms with E-state index in [1.807, 2.05) is 6.92 Å². The number of nitrogens with one attached hydrogen (secondary N) is 1. The Morgan fingerprint density at radius 2 is 2.13 bits per heavy atom. The fourth-order valence-corrected chi connectivity index (χ4v) is 1.28. The number of nitrogens with zero attached hydrogens (tertiary/aromatic N) is 1. The fraction of sp³-hybridized carbons (Fsp3) is 0.800. The summed E-state index contributed by atoms with van der Waals surface area (Å²) in [7, 11) is 0. The Hall–Kier alpha value is -1.26. The van der Waals surface area contributed by atoms with Crippen LogP contribution in [0.3, 0.4) is 0 Å². The van der Waals surface area contributed by atoms with Gasteiger partial charge in [-0.1, -0.05) is 13.3 Å². The van der Waals surface area contributed by atoms with Crippen LogP contribution in [0.1, 0.15) is 32.6 Å². The number of hydrogen-bond donors (Lipinski definition) is 2. The van der Waals surface area contributed by atoms with Crippen LogP contribution in [0.2, 0.25) is 0 Å². The average Bonchev–Trinajstić information content (AvgIpc) is 2.95. The van der Waals surface area contributed by atoms with E-state index in [0.29, 0.717) is 12.6 Å². The van der Waals surface area contributed by atoms with Gasteiger partial charge >= 0.3 is 6.03 Å². The third-order valence-electron chi connectivity index (χ3n) is 2.32. The molecule has 0 radical (unpaired) electrons. The molecule has 86 valence electrons. The van der Waals surface area contributed by atoms with Crippen molar-refractivity contribution in [1.82, 2.24) is 10.2 Å². The van der Waals surface area contributed by atoms with Crippen LogP contribution in [0.15, 0.2) is 0 Å². The third-order valence-corrected chi connectivity index (χ3v) is 2.32. The monoisotopic (exact) mass is 213 g/mol. The smallest absolute Gasteiger partial charge is 0.318 e. The van der Waals surface area contributed by atoms with E-state index in [0.717, 1.165) is 25.7 Å². The Bertz CT molecular complexity index is 239. The van der Waals surface area contributed by atoms with E-state index in [1.165, 1.54) is 4.90 Å². The zero-order valence-corrected chi connectivity index (χ0v) is 9.16. The molecule has 15 heavy (non-hydrogen) atoms. The molecule has 0 aromatic heterocycles. The highest BCUT2D eigenvalue weighted by molar-refractivity contribution is 5.83. The second-order valence-electron chi connectivity index (χ2n) is 3.97. The van der Waals surface area contributed by atoms with Gasteiger partial charge in [-0.3, -0.25) is 4.79 Å². The molecule has 0 spiro atoms. The number of primary amides is 1. The number of urea groups is 1. The minimum Gasteiger partial charge on any atom is -0.368 e. The molecule has 0 aromatic rings. The minimum absolute atomic E-state index is 0.0125. The van der Waals surface area contributed by atoms with Gasteiger partial charge in [-0.2, -0.15) is 0 Å². The molecule has 0 aliphatic heterocycles. The highest BCUT2D eigenvalue weighted by atomic mass is 16.2. The van der Waals surface area contributed by atoms with Crippen LogP contribution in [0.4, 0.5) is 4.79 Å². The van der Waals surface area contributed by atoms with Gasteiger partial charge in [0.15, 0.2) is 0 Å². The maximum absolute atomic E-state index is 11.6. The van der Waals surface area contributed by atoms with Crippen LogP contribution in [0.5, 0.6) is 0 Å². The Labute approximate surface area is 90.0 Å². The summed E-state index contributed by atoms with van der Waals surface area (Å²) >= 11 is 0. The Morgan fingerprint density at radius 1 is 1.47 bits per heavy atom. The van der Waals surface area contributed by atoms with Crippen molar-refractivity contribution in [3.63, 3.8) is 0 Å². The number of hydrogen-bond acceptors (Lipinski definition) is 2. The van der Waals surface area contributed by atoms with Crippen LogP contribution < -0.4 is 11.1 Å². The summed E-state index contributed by atoms with van der Waals surface area (Å²) in [5, 5.41) is 2.85. The molecule has 5 heteroatoms. The largest absolute Gasteiger partial charge is 0.368 e. The van der Waals surface area contributed by atoms with E-state index in [1.54, 1.807) is 0 Å². The fourth-order valence-electron chi connectivity index (χ4n) is 1.28. The molecule has 0 aromatic carbocycles. The lowest BCUT2D eigenvalue weighted by atomic mass is 10.3. The van der Waals surface area contributed by atoms with Crippen LogP contribution in [0.25, 0.3) is 0 Å². The molecule has 0 atom stereocenters. The Morgan fingerprint density at radius 3 is 2.60 bits per heavy atom. The van der Waals surface area contributed by atoms with Gasteiger partial charge in [-0.25, -0.2) is 4.79 Å². The molecule has 1 rings (SSSR count). The number of amides is 3. The summed E-state index contributed by atoms with van der Waals surface area (Å²) in [6.07, 6.45) is 3.98. The molecule has 3 N–H and O–H groups in total. The van der Waals surface area contributed by atoms with E-state index < -0.39 is 5.91 Å². The van der Waals surface area contributed by atoms with Crippen molar-refractivity contribution >= 4 is 11.9 Å². The van der Waals surface area contributed by atoms with Crippen molar-refractivity contribution in [2.24, 2.45) is 5.73 Å². The molecule has 1 aliphatic rings. The van der Waals surface area contributed by atoms with Gasteiger partial charge < -0.3 is 16.0 Å².